The Balaban J connectivity index is 1.49. The van der Waals surface area contributed by atoms with Crippen molar-refractivity contribution in [3.8, 4) is 0 Å². The summed E-state index contributed by atoms with van der Waals surface area (Å²) in [4.78, 5) is 60.0. The summed E-state index contributed by atoms with van der Waals surface area (Å²) in [6.45, 7) is 5.36. The first-order valence-electron chi connectivity index (χ1n) is 16.1. The molecule has 0 radical (unpaired) electrons. The molecule has 5 bridgehead atoms. The topological polar surface area (TPSA) is 125 Å². The molecule has 4 aliphatic rings. The fourth-order valence-electron chi connectivity index (χ4n) is 7.51. The summed E-state index contributed by atoms with van der Waals surface area (Å²) in [5.74, 6) is -3.88. The number of amides is 3. The van der Waals surface area contributed by atoms with Crippen LogP contribution in [0.2, 0.25) is 0 Å². The molecular formula is C36H40BrN3O7. The van der Waals surface area contributed by atoms with Gasteiger partial charge in [0, 0.05) is 23.5 Å². The predicted molar refractivity (Wildman–Crippen MR) is 177 cm³/mol. The number of hydrogen-bond acceptors (Lipinski definition) is 7. The fraction of sp³-hybridized carbons (Fsp3) is 0.444. The number of cyclic esters (lactones) is 1. The van der Waals surface area contributed by atoms with E-state index in [4.69, 9.17) is 9.47 Å². The maximum atomic E-state index is 14.8. The summed E-state index contributed by atoms with van der Waals surface area (Å²) >= 11 is 3.60. The summed E-state index contributed by atoms with van der Waals surface area (Å²) in [5.41, 5.74) is -0.151. The third-order valence-corrected chi connectivity index (χ3v) is 10.4. The number of nitrogens with one attached hydrogen (secondary N) is 1. The van der Waals surface area contributed by atoms with E-state index in [9.17, 15) is 24.3 Å². The Hall–Kier alpha value is -3.80. The Morgan fingerprint density at radius 1 is 0.979 bits per heavy atom. The van der Waals surface area contributed by atoms with E-state index in [2.05, 4.69) is 21.2 Å². The zero-order valence-corrected chi connectivity index (χ0v) is 28.2. The number of rotatable bonds is 5. The van der Waals surface area contributed by atoms with Crippen LogP contribution in [0.3, 0.4) is 0 Å². The smallest absolute Gasteiger partial charge is 0.313 e. The van der Waals surface area contributed by atoms with Gasteiger partial charge in [-0.25, -0.2) is 0 Å². The van der Waals surface area contributed by atoms with Crippen molar-refractivity contribution in [3.05, 3.63) is 94.5 Å². The van der Waals surface area contributed by atoms with Crippen molar-refractivity contribution in [2.24, 2.45) is 11.8 Å². The third-order valence-electron chi connectivity index (χ3n) is 9.69. The Kier molecular flexibility index (Phi) is 9.42. The van der Waals surface area contributed by atoms with E-state index in [1.165, 1.54) is 4.90 Å². The number of hydrogen-bond donors (Lipinski definition) is 2. The van der Waals surface area contributed by atoms with Crippen molar-refractivity contribution in [1.82, 2.24) is 15.1 Å². The summed E-state index contributed by atoms with van der Waals surface area (Å²) in [5, 5.41) is 13.8. The van der Waals surface area contributed by atoms with Crippen molar-refractivity contribution in [3.63, 3.8) is 0 Å². The maximum Gasteiger partial charge on any atom is 0.313 e. The highest BCUT2D eigenvalue weighted by Crippen LogP contribution is 2.60. The van der Waals surface area contributed by atoms with Crippen LogP contribution in [-0.2, 0) is 28.7 Å². The zero-order valence-electron chi connectivity index (χ0n) is 26.6. The minimum absolute atomic E-state index is 0.200. The van der Waals surface area contributed by atoms with Crippen LogP contribution in [0.1, 0.15) is 56.9 Å². The minimum Gasteiger partial charge on any atom is -0.455 e. The number of nitrogens with zero attached hydrogens (tertiary/aromatic N) is 2. The van der Waals surface area contributed by atoms with Gasteiger partial charge in [0.05, 0.1) is 24.6 Å². The van der Waals surface area contributed by atoms with Gasteiger partial charge >= 0.3 is 5.97 Å². The number of fused-ring (bicyclic) bond motifs is 2. The second-order valence-electron chi connectivity index (χ2n) is 12.9. The first-order chi connectivity index (χ1) is 22.6. The molecule has 0 saturated carbocycles. The Bertz CT molecular complexity index is 1580. The summed E-state index contributed by atoms with van der Waals surface area (Å²) in [7, 11) is 0. The maximum absolute atomic E-state index is 14.8. The number of aliphatic hydroxyl groups excluding tert-OH is 1. The molecule has 2 aromatic rings. The fourth-order valence-corrected chi connectivity index (χ4v) is 8.25. The molecule has 6 rings (SSSR count). The van der Waals surface area contributed by atoms with Gasteiger partial charge in [-0.1, -0.05) is 88.7 Å². The SMILES string of the molecule is CC(C)N1C/C=C\CCC(=O)N[C@@H](C)[C@H](c2ccccc2)OC(=O)[C@H]2[C@@H]3O[C@@]4(C=C3Br)[C@@H]2C(=O)N([C@H](CO)c2ccccc2)[C@@H]4C1=O. The summed E-state index contributed by atoms with van der Waals surface area (Å²) < 4.78 is 13.4. The van der Waals surface area contributed by atoms with E-state index in [0.29, 0.717) is 22.0 Å². The van der Waals surface area contributed by atoms with Crippen molar-refractivity contribution >= 4 is 39.6 Å². The lowest BCUT2D eigenvalue weighted by Crippen LogP contribution is -2.58. The first-order valence-corrected chi connectivity index (χ1v) is 16.9. The Morgan fingerprint density at radius 3 is 2.32 bits per heavy atom. The molecule has 3 amide bonds. The number of aliphatic hydroxyl groups is 1. The number of allylic oxidation sites excluding steroid dienone is 1. The molecule has 2 saturated heterocycles. The van der Waals surface area contributed by atoms with Gasteiger partial charge in [-0.15, -0.1) is 0 Å². The quantitative estimate of drug-likeness (QED) is 0.356. The minimum atomic E-state index is -1.49. The van der Waals surface area contributed by atoms with E-state index in [1.54, 1.807) is 30.0 Å². The Morgan fingerprint density at radius 2 is 1.66 bits per heavy atom. The zero-order chi connectivity index (χ0) is 33.5. The van der Waals surface area contributed by atoms with E-state index in [1.807, 2.05) is 74.5 Å². The number of halogens is 1. The van der Waals surface area contributed by atoms with Crippen LogP contribution in [0.5, 0.6) is 0 Å². The van der Waals surface area contributed by atoms with Gasteiger partial charge in [0.15, 0.2) is 0 Å². The Labute approximate surface area is 282 Å². The molecule has 0 aromatic heterocycles. The lowest BCUT2D eigenvalue weighted by Gasteiger charge is -2.40. The van der Waals surface area contributed by atoms with E-state index >= 15 is 0 Å². The number of esters is 1. The van der Waals surface area contributed by atoms with Gasteiger partial charge in [0.25, 0.3) is 0 Å². The van der Waals surface area contributed by atoms with Gasteiger partial charge in [0.1, 0.15) is 29.8 Å². The van der Waals surface area contributed by atoms with E-state index < -0.39 is 66.3 Å². The van der Waals surface area contributed by atoms with Crippen LogP contribution in [0.15, 0.2) is 83.4 Å². The molecule has 1 spiro atoms. The van der Waals surface area contributed by atoms with E-state index in [-0.39, 0.29) is 30.8 Å². The van der Waals surface area contributed by atoms with Gasteiger partial charge in [-0.3, -0.25) is 19.2 Å². The van der Waals surface area contributed by atoms with Crippen LogP contribution >= 0.6 is 15.9 Å². The molecule has 8 atom stereocenters. The number of carbonyl (C=O) groups is 4. The highest BCUT2D eigenvalue weighted by Gasteiger charge is 2.75. The molecule has 0 aliphatic carbocycles. The van der Waals surface area contributed by atoms with Crippen LogP contribution in [0.4, 0.5) is 0 Å². The molecule has 0 unspecified atom stereocenters. The molecule has 4 aliphatic heterocycles. The lowest BCUT2D eigenvalue weighted by atomic mass is 9.74. The van der Waals surface area contributed by atoms with Crippen molar-refractivity contribution in [2.75, 3.05) is 13.2 Å². The second kappa shape index (κ2) is 13.4. The first kappa shape index (κ1) is 33.1. The number of carbonyl (C=O) groups excluding carboxylic acids is 4. The van der Waals surface area contributed by atoms with Crippen molar-refractivity contribution in [1.29, 1.82) is 0 Å². The predicted octanol–water partition coefficient (Wildman–Crippen LogP) is 3.97. The molecule has 10 nitrogen and oxygen atoms in total. The lowest BCUT2D eigenvalue weighted by molar-refractivity contribution is -0.162. The van der Waals surface area contributed by atoms with Gasteiger partial charge < -0.3 is 29.7 Å². The summed E-state index contributed by atoms with van der Waals surface area (Å²) in [6, 6.07) is 15.3. The highest BCUT2D eigenvalue weighted by molar-refractivity contribution is 9.11. The summed E-state index contributed by atoms with van der Waals surface area (Å²) in [6.07, 6.45) is 4.42. The highest BCUT2D eigenvalue weighted by atomic mass is 79.9. The van der Waals surface area contributed by atoms with Gasteiger partial charge in [0.2, 0.25) is 17.7 Å². The molecule has 248 valence electrons. The van der Waals surface area contributed by atoms with Crippen molar-refractivity contribution in [2.45, 2.75) is 75.6 Å². The molecule has 47 heavy (non-hydrogen) atoms. The molecule has 2 N–H and O–H groups in total. The normalized spacial score (nSPS) is 32.6. The molecular weight excluding hydrogens is 666 g/mol. The average molecular weight is 707 g/mol. The second-order valence-corrected chi connectivity index (χ2v) is 13.8. The van der Waals surface area contributed by atoms with Crippen molar-refractivity contribution < 1.29 is 33.8 Å². The van der Waals surface area contributed by atoms with Crippen LogP contribution < -0.4 is 5.32 Å². The monoisotopic (exact) mass is 705 g/mol. The largest absolute Gasteiger partial charge is 0.455 e. The van der Waals surface area contributed by atoms with Gasteiger partial charge in [-0.05, 0) is 44.4 Å². The molecule has 4 heterocycles. The number of likely N-dealkylation sites (tertiary alicyclic amines) is 1. The van der Waals surface area contributed by atoms with Gasteiger partial charge in [-0.2, -0.15) is 0 Å². The standard InChI is InChI=1S/C36H40BrN3O7/c1-21(2)39-18-12-6-11-17-27(42)38-22(3)30(24-15-9-5-10-16-24)46-35(45)28-29-33(43)40(26(20-41)23-13-7-4-8-14-23)32(34(39)44)36(29)19-25(37)31(28)47-36/h4-10,12-16,19,21-22,26,28-32,41H,11,17-18,20H2,1-3H3,(H,38,42)/b12-6-/t22-,26+,28+,29-,30+,31+,32+,36-/m0/s1. The van der Waals surface area contributed by atoms with Crippen LogP contribution in [0.25, 0.3) is 0 Å². The third kappa shape index (κ3) is 5.83. The van der Waals surface area contributed by atoms with Crippen LogP contribution in [0, 0.1) is 11.8 Å². The van der Waals surface area contributed by atoms with E-state index in [0.717, 1.165) is 0 Å². The van der Waals surface area contributed by atoms with Crippen LogP contribution in [-0.4, -0.2) is 81.6 Å². The average Bonchev–Trinajstić information content (AvgIpc) is 3.65. The molecule has 11 heteroatoms. The number of ether oxygens (including phenoxy) is 2. The number of benzene rings is 2. The molecule has 2 aromatic carbocycles. The molecule has 2 fully saturated rings.